The molecule has 2 aliphatic heterocycles. The van der Waals surface area contributed by atoms with Crippen LogP contribution in [0, 0.1) is 40.3 Å². The smallest absolute Gasteiger partial charge is 0.306 e. The van der Waals surface area contributed by atoms with Gasteiger partial charge in [-0.25, -0.2) is 26.9 Å². The number of benzene rings is 1. The number of hydrogen-bond donors (Lipinski definition) is 1. The third-order valence-corrected chi connectivity index (χ3v) is 13.5. The molecule has 6 rings (SSSR count). The fourth-order valence-electron chi connectivity index (χ4n) is 8.07. The van der Waals surface area contributed by atoms with Gasteiger partial charge in [0.25, 0.3) is 10.0 Å². The Bertz CT molecular complexity index is 2010. The molecule has 7 atom stereocenters. The van der Waals surface area contributed by atoms with E-state index in [0.29, 0.717) is 23.6 Å². The van der Waals surface area contributed by atoms with Crippen LogP contribution < -0.4 is 14.2 Å². The second kappa shape index (κ2) is 15.7. The number of fused-ring (bicyclic) bond motifs is 3. The molecule has 306 valence electrons. The van der Waals surface area contributed by atoms with E-state index in [1.54, 1.807) is 6.07 Å². The van der Waals surface area contributed by atoms with Gasteiger partial charge in [0.1, 0.15) is 6.10 Å². The first-order valence-corrected chi connectivity index (χ1v) is 20.9. The molecule has 0 bridgehead atoms. The minimum atomic E-state index is -4.64. The number of pyridine rings is 1. The summed E-state index contributed by atoms with van der Waals surface area (Å²) in [5.74, 6) is -4.43. The van der Waals surface area contributed by atoms with Gasteiger partial charge in [0, 0.05) is 37.3 Å². The summed E-state index contributed by atoms with van der Waals surface area (Å²) in [4.78, 5) is 62.2. The molecule has 4 aliphatic rings. The number of sulfonamides is 1. The zero-order valence-corrected chi connectivity index (χ0v) is 33.8. The molecule has 1 aromatic carbocycles. The highest BCUT2D eigenvalue weighted by molar-refractivity contribution is 7.91. The lowest BCUT2D eigenvalue weighted by Gasteiger charge is -2.32. The zero-order valence-electron chi connectivity index (χ0n) is 32.9. The maximum absolute atomic E-state index is 14.9. The SMILES string of the molecule is COc1cc2ccnc(O[C@@H]3C[C@H]4C(=O)C[C@]5(C(=O)NS(=O)(=O)C6(F)CC6)C[C@H]5/C=C\CC[C@@H](C)C[C@@H](C)[C@H](CC(=O)OCC(C)(C)C)C(=O)N4C3)c2cc1F. The summed E-state index contributed by atoms with van der Waals surface area (Å²) in [6, 6.07) is 3.30. The Kier molecular flexibility index (Phi) is 11.6. The third kappa shape index (κ3) is 8.87. The number of Topliss-reactive ketones (excluding diaryl/α,β-unsaturated/α-hetero) is 1. The van der Waals surface area contributed by atoms with Gasteiger partial charge in [-0.2, -0.15) is 0 Å². The van der Waals surface area contributed by atoms with Crippen molar-refractivity contribution in [1.82, 2.24) is 14.6 Å². The molecule has 0 radical (unpaired) electrons. The number of halogens is 2. The molecule has 1 aromatic heterocycles. The number of ether oxygens (including phenoxy) is 3. The predicted octanol–water partition coefficient (Wildman–Crippen LogP) is 6.21. The van der Waals surface area contributed by atoms with Crippen molar-refractivity contribution in [2.75, 3.05) is 20.3 Å². The van der Waals surface area contributed by atoms with Crippen LogP contribution in [0.2, 0.25) is 0 Å². The first-order chi connectivity index (χ1) is 26.3. The van der Waals surface area contributed by atoms with E-state index in [2.05, 4.69) is 11.9 Å². The van der Waals surface area contributed by atoms with Gasteiger partial charge >= 0.3 is 5.97 Å². The van der Waals surface area contributed by atoms with E-state index in [1.807, 2.05) is 44.6 Å². The number of carbonyl (C=O) groups is 4. The highest BCUT2D eigenvalue weighted by Crippen LogP contribution is 2.58. The number of nitrogens with zero attached hydrogens (tertiary/aromatic N) is 2. The molecule has 15 heteroatoms. The van der Waals surface area contributed by atoms with Gasteiger partial charge < -0.3 is 19.1 Å². The maximum atomic E-state index is 14.9. The molecule has 0 unspecified atom stereocenters. The number of hydrogen-bond acceptors (Lipinski definition) is 10. The topological polar surface area (TPSA) is 158 Å². The second-order valence-corrected chi connectivity index (χ2v) is 19.5. The Morgan fingerprint density at radius 1 is 1.12 bits per heavy atom. The molecule has 0 spiro atoms. The van der Waals surface area contributed by atoms with Gasteiger partial charge in [-0.3, -0.25) is 19.2 Å². The summed E-state index contributed by atoms with van der Waals surface area (Å²) in [7, 11) is -3.29. The number of amides is 2. The zero-order chi connectivity index (χ0) is 40.8. The lowest BCUT2D eigenvalue weighted by atomic mass is 9.82. The predicted molar refractivity (Wildman–Crippen MR) is 203 cm³/mol. The van der Waals surface area contributed by atoms with E-state index in [0.717, 1.165) is 6.42 Å². The average molecular weight is 802 g/mol. The summed E-state index contributed by atoms with van der Waals surface area (Å²) >= 11 is 0. The van der Waals surface area contributed by atoms with Crippen LogP contribution in [-0.2, 0) is 33.9 Å². The lowest BCUT2D eigenvalue weighted by Crippen LogP contribution is -2.48. The van der Waals surface area contributed by atoms with Gasteiger partial charge in [-0.1, -0.05) is 46.8 Å². The fourth-order valence-corrected chi connectivity index (χ4v) is 9.34. The summed E-state index contributed by atoms with van der Waals surface area (Å²) < 4.78 is 74.4. The number of rotatable bonds is 9. The standard InChI is InChI=1S/C41H53F2N3O9S/c1-24-9-7-8-10-27-20-40(27,38(50)45-56(51,52)41(43)12-13-41)21-33(47)32-17-28(55-36-30-18-31(42)34(53-6)16-26(30)11-14-44-36)22-46(32)37(49)29(25(2)15-24)19-35(48)54-23-39(3,4)5/h8,10-11,14,16,18,24-25,27-29,32H,7,9,12-13,15,17,19-23H2,1-6H3,(H,45,50)/b10-8-/t24-,25-,27-,28-,29+,32+,40-/m1/s1. The fraction of sp³-hybridized carbons (Fsp3) is 0.634. The van der Waals surface area contributed by atoms with Gasteiger partial charge in [0.15, 0.2) is 17.3 Å². The molecule has 1 N–H and O–H groups in total. The van der Waals surface area contributed by atoms with Crippen molar-refractivity contribution >= 4 is 44.4 Å². The largest absolute Gasteiger partial charge is 0.494 e. The molecule has 3 fully saturated rings. The Balaban J connectivity index is 1.34. The van der Waals surface area contributed by atoms with Gasteiger partial charge in [0.2, 0.25) is 22.7 Å². The number of carbonyl (C=O) groups excluding carboxylic acids is 4. The first kappa shape index (κ1) is 41.5. The quantitative estimate of drug-likeness (QED) is 0.228. The van der Waals surface area contributed by atoms with Gasteiger partial charge in [-0.05, 0) is 72.4 Å². The molecular weight excluding hydrogens is 749 g/mol. The monoisotopic (exact) mass is 801 g/mol. The van der Waals surface area contributed by atoms with Crippen molar-refractivity contribution < 1.29 is 50.6 Å². The maximum Gasteiger partial charge on any atom is 0.306 e. The van der Waals surface area contributed by atoms with Crippen molar-refractivity contribution in [3.63, 3.8) is 0 Å². The van der Waals surface area contributed by atoms with Crippen LogP contribution in [-0.4, -0.2) is 79.3 Å². The molecule has 12 nitrogen and oxygen atoms in total. The lowest BCUT2D eigenvalue weighted by molar-refractivity contribution is -0.153. The van der Waals surface area contributed by atoms with Crippen LogP contribution in [0.5, 0.6) is 11.6 Å². The first-order valence-electron chi connectivity index (χ1n) is 19.5. The van der Waals surface area contributed by atoms with Crippen LogP contribution in [0.15, 0.2) is 36.5 Å². The number of methoxy groups -OCH3 is 1. The van der Waals surface area contributed by atoms with E-state index >= 15 is 0 Å². The van der Waals surface area contributed by atoms with Crippen LogP contribution in [0.25, 0.3) is 10.8 Å². The Morgan fingerprint density at radius 3 is 2.54 bits per heavy atom. The Morgan fingerprint density at radius 2 is 1.86 bits per heavy atom. The highest BCUT2D eigenvalue weighted by atomic mass is 32.2. The van der Waals surface area contributed by atoms with Crippen molar-refractivity contribution in [2.45, 2.75) is 110 Å². The number of ketones is 1. The van der Waals surface area contributed by atoms with E-state index in [4.69, 9.17) is 14.2 Å². The Labute approximate surface area is 327 Å². The van der Waals surface area contributed by atoms with Gasteiger partial charge in [-0.15, -0.1) is 0 Å². The number of allylic oxidation sites excluding steroid dienone is 2. The van der Waals surface area contributed by atoms with Crippen LogP contribution >= 0.6 is 0 Å². The average Bonchev–Trinajstić information content (AvgIpc) is 4.00. The summed E-state index contributed by atoms with van der Waals surface area (Å²) in [5.41, 5.74) is -1.77. The van der Waals surface area contributed by atoms with Crippen molar-refractivity contribution in [1.29, 1.82) is 0 Å². The number of nitrogens with one attached hydrogen (secondary N) is 1. The highest BCUT2D eigenvalue weighted by Gasteiger charge is 2.64. The molecule has 3 heterocycles. The minimum Gasteiger partial charge on any atom is -0.494 e. The molecule has 1 saturated heterocycles. The van der Waals surface area contributed by atoms with Crippen molar-refractivity contribution in [3.8, 4) is 11.6 Å². The van der Waals surface area contributed by atoms with Gasteiger partial charge in [0.05, 0.1) is 44.1 Å². The summed E-state index contributed by atoms with van der Waals surface area (Å²) in [6.07, 6.45) is 5.50. The van der Waals surface area contributed by atoms with Crippen LogP contribution in [0.4, 0.5) is 8.78 Å². The minimum absolute atomic E-state index is 0.0165. The number of alkyl halides is 1. The molecule has 2 aromatic rings. The van der Waals surface area contributed by atoms with Crippen LogP contribution in [0.1, 0.15) is 92.4 Å². The molecule has 56 heavy (non-hydrogen) atoms. The molecule has 2 aliphatic carbocycles. The van der Waals surface area contributed by atoms with E-state index in [-0.39, 0.29) is 74.1 Å². The molecular formula is C41H53F2N3O9S. The van der Waals surface area contributed by atoms with Crippen molar-refractivity contribution in [2.24, 2.45) is 34.5 Å². The molecule has 2 amide bonds. The van der Waals surface area contributed by atoms with E-state index in [1.165, 1.54) is 30.3 Å². The molecule has 2 saturated carbocycles. The Hall–Kier alpha value is -4.14. The summed E-state index contributed by atoms with van der Waals surface area (Å²) in [6.45, 7) is 9.84. The van der Waals surface area contributed by atoms with E-state index < -0.39 is 80.2 Å². The van der Waals surface area contributed by atoms with Crippen molar-refractivity contribution in [3.05, 3.63) is 42.4 Å². The summed E-state index contributed by atoms with van der Waals surface area (Å²) in [5, 5.41) is -1.59. The number of aromatic nitrogens is 1. The third-order valence-electron chi connectivity index (χ3n) is 11.6. The normalized spacial score (nSPS) is 30.0. The second-order valence-electron chi connectivity index (χ2n) is 17.6. The van der Waals surface area contributed by atoms with Crippen LogP contribution in [0.3, 0.4) is 0 Å². The van der Waals surface area contributed by atoms with E-state index in [9.17, 15) is 36.4 Å². The number of esters is 1.